The normalized spacial score (nSPS) is 10.7. The van der Waals surface area contributed by atoms with Gasteiger partial charge in [-0.15, -0.1) is 0 Å². The number of amides is 1. The lowest BCUT2D eigenvalue weighted by atomic mass is 10.0. The summed E-state index contributed by atoms with van der Waals surface area (Å²) in [5.41, 5.74) is 6.56. The van der Waals surface area contributed by atoms with Gasteiger partial charge in [-0.1, -0.05) is 113 Å². The quantitative estimate of drug-likeness (QED) is 0.0942. The van der Waals surface area contributed by atoms with E-state index in [1.54, 1.807) is 24.3 Å². The van der Waals surface area contributed by atoms with Crippen LogP contribution in [0.2, 0.25) is 0 Å². The molecule has 0 aliphatic heterocycles. The van der Waals surface area contributed by atoms with Crippen molar-refractivity contribution < 1.29 is 35.9 Å². The number of aromatic nitrogens is 1. The van der Waals surface area contributed by atoms with Crippen LogP contribution in [0.1, 0.15) is 118 Å². The van der Waals surface area contributed by atoms with Crippen LogP contribution in [0, 0.1) is 6.92 Å². The first-order valence-electron chi connectivity index (χ1n) is 15.5. The summed E-state index contributed by atoms with van der Waals surface area (Å²) in [4.78, 5) is 25.2. The number of carbonyl (C=O) groups excluding carboxylic acids is 2. The number of aryl methyl sites for hydroxylation is 1. The summed E-state index contributed by atoms with van der Waals surface area (Å²) in [5, 5.41) is 5.13. The second-order valence-electron chi connectivity index (χ2n) is 11.1. The van der Waals surface area contributed by atoms with E-state index in [4.69, 9.17) is 4.74 Å². The standard InChI is InChI=1S/C35H48N2O3S.BrH/c1-4-5-6-7-8-9-10-11-12-13-14-15-23-40-35-31(17-16-18-33(35)29(3)38)24-34(39)36-32-21-19-30(20-22-32)25-37-27-41-26-28(37)2;/h16-22,26-27H,4-15,23-25H2,1-3H3;1H. The first-order chi connectivity index (χ1) is 20.0. The van der Waals surface area contributed by atoms with Gasteiger partial charge in [0.25, 0.3) is 0 Å². The number of anilines is 1. The number of unbranched alkanes of at least 4 members (excludes halogenated alkanes) is 11. The number of rotatable bonds is 20. The van der Waals surface area contributed by atoms with Crippen molar-refractivity contribution in [1.82, 2.24) is 0 Å². The summed E-state index contributed by atoms with van der Waals surface area (Å²) >= 11 is 1.69. The van der Waals surface area contributed by atoms with Crippen LogP contribution in [-0.4, -0.2) is 18.3 Å². The van der Waals surface area contributed by atoms with E-state index >= 15 is 0 Å². The van der Waals surface area contributed by atoms with E-state index in [9.17, 15) is 9.59 Å². The highest BCUT2D eigenvalue weighted by Gasteiger charge is 2.16. The summed E-state index contributed by atoms with van der Waals surface area (Å²) in [7, 11) is 0. The van der Waals surface area contributed by atoms with E-state index in [1.807, 2.05) is 36.4 Å². The van der Waals surface area contributed by atoms with Crippen LogP contribution in [0.3, 0.4) is 0 Å². The number of nitrogens with one attached hydrogen (secondary N) is 1. The maximum Gasteiger partial charge on any atom is 0.228 e. The fourth-order valence-electron chi connectivity index (χ4n) is 5.07. The molecule has 0 atom stereocenters. The van der Waals surface area contributed by atoms with Gasteiger partial charge < -0.3 is 27.0 Å². The average Bonchev–Trinajstić information content (AvgIpc) is 3.36. The van der Waals surface area contributed by atoms with Gasteiger partial charge in [0, 0.05) is 23.7 Å². The molecule has 0 radical (unpaired) electrons. The maximum absolute atomic E-state index is 12.9. The van der Waals surface area contributed by atoms with E-state index in [0.29, 0.717) is 17.9 Å². The predicted molar refractivity (Wildman–Crippen MR) is 170 cm³/mol. The van der Waals surface area contributed by atoms with Crippen LogP contribution in [0.15, 0.2) is 53.4 Å². The highest BCUT2D eigenvalue weighted by Crippen LogP contribution is 2.26. The fraction of sp³-hybridized carbons (Fsp3) is 0.514. The SMILES string of the molecule is CCCCCCCCCCCCCCOc1c(CC(=O)Nc2ccc(C[n+]3cscc3C)cc2)cccc1C(C)=O.[Br-]. The van der Waals surface area contributed by atoms with Crippen molar-refractivity contribution >= 4 is 28.7 Å². The lowest BCUT2D eigenvalue weighted by Gasteiger charge is -2.15. The molecule has 7 heteroatoms. The van der Waals surface area contributed by atoms with Crippen LogP contribution in [0.5, 0.6) is 5.75 Å². The zero-order valence-corrected chi connectivity index (χ0v) is 28.2. The summed E-state index contributed by atoms with van der Waals surface area (Å²) in [6, 6.07) is 13.5. The highest BCUT2D eigenvalue weighted by atomic mass is 79.9. The minimum absolute atomic E-state index is 0. The summed E-state index contributed by atoms with van der Waals surface area (Å²) in [6.45, 7) is 7.27. The Bertz CT molecular complexity index is 1210. The summed E-state index contributed by atoms with van der Waals surface area (Å²) in [6.07, 6.45) is 15.6. The fourth-order valence-corrected chi connectivity index (χ4v) is 5.85. The molecule has 3 rings (SSSR count). The van der Waals surface area contributed by atoms with Crippen molar-refractivity contribution in [2.45, 2.75) is 111 Å². The Morgan fingerprint density at radius 3 is 2.05 bits per heavy atom. The second kappa shape index (κ2) is 20.4. The number of ether oxygens (including phenoxy) is 1. The molecule has 1 N–H and O–H groups in total. The molecule has 1 aromatic heterocycles. The third-order valence-electron chi connectivity index (χ3n) is 7.54. The van der Waals surface area contributed by atoms with Gasteiger partial charge in [-0.2, -0.15) is 4.57 Å². The lowest BCUT2D eigenvalue weighted by Crippen LogP contribution is -3.00. The molecule has 0 aliphatic rings. The Balaban J connectivity index is 0.00000616. The first kappa shape index (κ1) is 35.7. The van der Waals surface area contributed by atoms with Gasteiger partial charge in [-0.3, -0.25) is 9.59 Å². The Hall–Kier alpha value is -2.51. The number of Topliss-reactive ketones (excluding diaryl/α,β-unsaturated/α-hetero) is 1. The number of carbonyl (C=O) groups is 2. The van der Waals surface area contributed by atoms with Gasteiger partial charge in [-0.25, -0.2) is 0 Å². The molecule has 42 heavy (non-hydrogen) atoms. The number of nitrogens with zero attached hydrogens (tertiary/aromatic N) is 1. The molecule has 0 saturated carbocycles. The predicted octanol–water partition coefficient (Wildman–Crippen LogP) is 5.86. The van der Waals surface area contributed by atoms with Crippen molar-refractivity contribution in [3.05, 3.63) is 75.7 Å². The monoisotopic (exact) mass is 656 g/mol. The van der Waals surface area contributed by atoms with Gasteiger partial charge in [0.15, 0.2) is 18.0 Å². The number of thiazole rings is 1. The molecular weight excluding hydrogens is 608 g/mol. The van der Waals surface area contributed by atoms with Crippen molar-refractivity contribution in [1.29, 1.82) is 0 Å². The van der Waals surface area contributed by atoms with Crippen molar-refractivity contribution in [3.8, 4) is 5.75 Å². The van der Waals surface area contributed by atoms with Gasteiger partial charge in [0.05, 0.1) is 24.0 Å². The number of halogens is 1. The molecule has 0 unspecified atom stereocenters. The Morgan fingerprint density at radius 1 is 0.857 bits per heavy atom. The van der Waals surface area contributed by atoms with Gasteiger partial charge >= 0.3 is 0 Å². The first-order valence-corrected chi connectivity index (χ1v) is 16.5. The molecule has 1 heterocycles. The molecule has 5 nitrogen and oxygen atoms in total. The van der Waals surface area contributed by atoms with Crippen LogP contribution in [0.25, 0.3) is 0 Å². The molecule has 0 fully saturated rings. The van der Waals surface area contributed by atoms with Crippen molar-refractivity contribution in [2.24, 2.45) is 0 Å². The Kier molecular flexibility index (Phi) is 17.3. The summed E-state index contributed by atoms with van der Waals surface area (Å²) < 4.78 is 8.35. The highest BCUT2D eigenvalue weighted by molar-refractivity contribution is 7.07. The molecule has 1 amide bonds. The van der Waals surface area contributed by atoms with Crippen molar-refractivity contribution in [2.75, 3.05) is 11.9 Å². The topological polar surface area (TPSA) is 59.3 Å². The van der Waals surface area contributed by atoms with E-state index in [-0.39, 0.29) is 35.1 Å². The van der Waals surface area contributed by atoms with Crippen LogP contribution >= 0.6 is 11.3 Å². The minimum Gasteiger partial charge on any atom is -1.00 e. The van der Waals surface area contributed by atoms with E-state index in [1.165, 1.54) is 75.5 Å². The molecule has 3 aromatic rings. The zero-order valence-electron chi connectivity index (χ0n) is 25.8. The minimum atomic E-state index is -0.128. The molecular formula is C35H49BrN2O3S. The lowest BCUT2D eigenvalue weighted by molar-refractivity contribution is -0.689. The zero-order chi connectivity index (χ0) is 29.3. The second-order valence-corrected chi connectivity index (χ2v) is 11.9. The molecule has 0 spiro atoms. The largest absolute Gasteiger partial charge is 1.00 e. The van der Waals surface area contributed by atoms with Crippen molar-refractivity contribution in [3.63, 3.8) is 0 Å². The number of hydrogen-bond acceptors (Lipinski definition) is 4. The maximum atomic E-state index is 12.9. The van der Waals surface area contributed by atoms with Crippen LogP contribution < -0.4 is 31.6 Å². The molecule has 2 aromatic carbocycles. The molecule has 230 valence electrons. The number of ketones is 1. The summed E-state index contributed by atoms with van der Waals surface area (Å²) in [5.74, 6) is 0.375. The van der Waals surface area contributed by atoms with Crippen LogP contribution in [-0.2, 0) is 17.8 Å². The van der Waals surface area contributed by atoms with Gasteiger partial charge in [-0.05, 0) is 31.5 Å². The number of benzene rings is 2. The van der Waals surface area contributed by atoms with E-state index < -0.39 is 0 Å². The van der Waals surface area contributed by atoms with E-state index in [0.717, 1.165) is 30.6 Å². The van der Waals surface area contributed by atoms with Gasteiger partial charge in [0.1, 0.15) is 5.75 Å². The Morgan fingerprint density at radius 2 is 1.48 bits per heavy atom. The molecule has 0 saturated heterocycles. The van der Waals surface area contributed by atoms with E-state index in [2.05, 4.69) is 34.6 Å². The number of hydrogen-bond donors (Lipinski definition) is 1. The number of para-hydroxylation sites is 1. The average molecular weight is 658 g/mol. The molecule has 0 aliphatic carbocycles. The third-order valence-corrected chi connectivity index (χ3v) is 8.39. The molecule has 0 bridgehead atoms. The third kappa shape index (κ3) is 12.8. The smallest absolute Gasteiger partial charge is 0.228 e. The Labute approximate surface area is 267 Å². The van der Waals surface area contributed by atoms with Crippen LogP contribution in [0.4, 0.5) is 5.69 Å². The van der Waals surface area contributed by atoms with Gasteiger partial charge in [0.2, 0.25) is 11.4 Å².